The van der Waals surface area contributed by atoms with Crippen LogP contribution in [-0.2, 0) is 29.3 Å². The average Bonchev–Trinajstić information content (AvgIpc) is 3.44. The number of fused-ring (bicyclic) bond motifs is 3. The zero-order valence-corrected chi connectivity index (χ0v) is 17.9. The second-order valence-electron chi connectivity index (χ2n) is 7.50. The number of hydrogen-bond acceptors (Lipinski definition) is 6. The van der Waals surface area contributed by atoms with Crippen LogP contribution in [0.15, 0.2) is 65.3 Å². The number of benzene rings is 2. The van der Waals surface area contributed by atoms with E-state index in [9.17, 15) is 0 Å². The van der Waals surface area contributed by atoms with Gasteiger partial charge in [-0.3, -0.25) is 4.98 Å². The first-order valence-corrected chi connectivity index (χ1v) is 10.3. The minimum Gasteiger partial charge on any atom is -0.488 e. The summed E-state index contributed by atoms with van der Waals surface area (Å²) >= 11 is 0. The first kappa shape index (κ1) is 20.2. The molecule has 0 spiro atoms. The molecule has 0 aliphatic rings. The SMILES string of the molecule is COCc1cc(-c2ncc3[nH]c4cccc(OCc5ccccc5)c4c3c2COC)no1. The molecule has 0 unspecified atom stereocenters. The molecule has 3 heterocycles. The maximum Gasteiger partial charge on any atom is 0.163 e. The van der Waals surface area contributed by atoms with Gasteiger partial charge in [0.05, 0.1) is 29.5 Å². The van der Waals surface area contributed by atoms with Gasteiger partial charge in [-0.1, -0.05) is 41.6 Å². The van der Waals surface area contributed by atoms with Crippen molar-refractivity contribution in [1.29, 1.82) is 0 Å². The van der Waals surface area contributed by atoms with Crippen LogP contribution >= 0.6 is 0 Å². The van der Waals surface area contributed by atoms with Gasteiger partial charge in [-0.25, -0.2) is 0 Å². The van der Waals surface area contributed by atoms with E-state index in [-0.39, 0.29) is 0 Å². The highest BCUT2D eigenvalue weighted by Gasteiger charge is 2.20. The fraction of sp³-hybridized carbons (Fsp3) is 0.200. The van der Waals surface area contributed by atoms with Crippen molar-refractivity contribution in [2.45, 2.75) is 19.8 Å². The molecular weight excluding hydrogens is 406 g/mol. The molecule has 1 N–H and O–H groups in total. The number of aromatic amines is 1. The van der Waals surface area contributed by atoms with Crippen molar-refractivity contribution in [2.24, 2.45) is 0 Å². The summed E-state index contributed by atoms with van der Waals surface area (Å²) in [6, 6.07) is 18.0. The molecule has 162 valence electrons. The standard InChI is InChI=1S/C25H23N3O4/c1-29-14-17-11-20(28-32-17)25-18(15-30-2)23-21(12-26-25)27-19-9-6-10-22(24(19)23)31-13-16-7-4-3-5-8-16/h3-12,27H,13-15H2,1-2H3. The van der Waals surface area contributed by atoms with Gasteiger partial charge in [-0.15, -0.1) is 0 Å². The van der Waals surface area contributed by atoms with Crippen LogP contribution < -0.4 is 4.74 Å². The van der Waals surface area contributed by atoms with Crippen molar-refractivity contribution in [3.05, 3.63) is 77.7 Å². The van der Waals surface area contributed by atoms with Crippen molar-refractivity contribution in [2.75, 3.05) is 14.2 Å². The molecule has 0 amide bonds. The first-order valence-electron chi connectivity index (χ1n) is 10.3. The summed E-state index contributed by atoms with van der Waals surface area (Å²) in [5, 5.41) is 6.20. The Morgan fingerprint density at radius 1 is 0.875 bits per heavy atom. The van der Waals surface area contributed by atoms with Gasteiger partial charge in [0, 0.05) is 36.6 Å². The van der Waals surface area contributed by atoms with Gasteiger partial charge in [0.15, 0.2) is 5.76 Å². The maximum atomic E-state index is 6.25. The van der Waals surface area contributed by atoms with Gasteiger partial charge in [0.25, 0.3) is 0 Å². The summed E-state index contributed by atoms with van der Waals surface area (Å²) in [6.07, 6.45) is 1.81. The Morgan fingerprint density at radius 2 is 1.72 bits per heavy atom. The van der Waals surface area contributed by atoms with E-state index in [1.807, 2.05) is 48.7 Å². The number of aromatic nitrogens is 3. The van der Waals surface area contributed by atoms with Crippen molar-refractivity contribution >= 4 is 21.8 Å². The number of methoxy groups -OCH3 is 2. The summed E-state index contributed by atoms with van der Waals surface area (Å²) in [7, 11) is 3.29. The highest BCUT2D eigenvalue weighted by molar-refractivity contribution is 6.12. The van der Waals surface area contributed by atoms with Crippen molar-refractivity contribution < 1.29 is 18.7 Å². The smallest absolute Gasteiger partial charge is 0.163 e. The topological polar surface area (TPSA) is 82.4 Å². The third kappa shape index (κ3) is 3.72. The molecule has 7 heteroatoms. The molecule has 0 bridgehead atoms. The molecule has 7 nitrogen and oxygen atoms in total. The lowest BCUT2D eigenvalue weighted by atomic mass is 10.0. The molecule has 0 saturated carbocycles. The molecule has 0 saturated heterocycles. The van der Waals surface area contributed by atoms with Crippen LogP contribution in [0, 0.1) is 0 Å². The predicted molar refractivity (Wildman–Crippen MR) is 121 cm³/mol. The molecule has 5 rings (SSSR count). The Labute approximate surface area is 184 Å². The van der Waals surface area contributed by atoms with E-state index >= 15 is 0 Å². The summed E-state index contributed by atoms with van der Waals surface area (Å²) in [5.41, 5.74) is 5.27. The number of nitrogens with zero attached hydrogens (tertiary/aromatic N) is 2. The summed E-state index contributed by atoms with van der Waals surface area (Å²) in [6.45, 7) is 1.19. The molecule has 5 aromatic rings. The van der Waals surface area contributed by atoms with Gasteiger partial charge in [0.2, 0.25) is 0 Å². The lowest BCUT2D eigenvalue weighted by Gasteiger charge is -2.11. The quantitative estimate of drug-likeness (QED) is 0.363. The molecule has 0 radical (unpaired) electrons. The monoisotopic (exact) mass is 429 g/mol. The Bertz CT molecular complexity index is 1360. The van der Waals surface area contributed by atoms with E-state index in [4.69, 9.17) is 18.7 Å². The van der Waals surface area contributed by atoms with Crippen LogP contribution in [0.4, 0.5) is 0 Å². The second-order valence-corrected chi connectivity index (χ2v) is 7.50. The number of hydrogen-bond donors (Lipinski definition) is 1. The molecule has 32 heavy (non-hydrogen) atoms. The van der Waals surface area contributed by atoms with Gasteiger partial charge in [-0.05, 0) is 17.7 Å². The van der Waals surface area contributed by atoms with Crippen molar-refractivity contribution in [3.63, 3.8) is 0 Å². The van der Waals surface area contributed by atoms with Gasteiger partial charge in [-0.2, -0.15) is 0 Å². The van der Waals surface area contributed by atoms with Crippen molar-refractivity contribution in [1.82, 2.24) is 15.1 Å². The largest absolute Gasteiger partial charge is 0.488 e. The fourth-order valence-corrected chi connectivity index (χ4v) is 3.97. The predicted octanol–water partition coefficient (Wildman–Crippen LogP) is 5.24. The molecule has 0 aliphatic carbocycles. The minimum atomic E-state index is 0.347. The first-order chi connectivity index (χ1) is 15.8. The number of pyridine rings is 1. The molecule has 3 aromatic heterocycles. The molecule has 0 aliphatic heterocycles. The molecule has 0 fully saturated rings. The van der Waals surface area contributed by atoms with Crippen molar-refractivity contribution in [3.8, 4) is 17.1 Å². The zero-order valence-electron chi connectivity index (χ0n) is 17.9. The van der Waals surface area contributed by atoms with E-state index in [0.717, 1.165) is 38.7 Å². The summed E-state index contributed by atoms with van der Waals surface area (Å²) in [5.74, 6) is 1.44. The number of nitrogens with one attached hydrogen (secondary N) is 1. The van der Waals surface area contributed by atoms with Gasteiger partial charge < -0.3 is 23.7 Å². The molecule has 2 aromatic carbocycles. The van der Waals surface area contributed by atoms with E-state index in [1.165, 1.54) is 0 Å². The number of H-pyrrole nitrogens is 1. The summed E-state index contributed by atoms with van der Waals surface area (Å²) < 4.78 is 22.4. The van der Waals surface area contributed by atoms with E-state index < -0.39 is 0 Å². The lowest BCUT2D eigenvalue weighted by Crippen LogP contribution is -1.98. The fourth-order valence-electron chi connectivity index (χ4n) is 3.97. The maximum absolute atomic E-state index is 6.25. The normalized spacial score (nSPS) is 11.4. The number of ether oxygens (including phenoxy) is 3. The lowest BCUT2D eigenvalue weighted by molar-refractivity contribution is 0.156. The molecule has 0 atom stereocenters. The highest BCUT2D eigenvalue weighted by Crippen LogP contribution is 2.38. The Balaban J connectivity index is 1.65. The Hall–Kier alpha value is -3.68. The molecular formula is C25H23N3O4. The van der Waals surface area contributed by atoms with E-state index in [1.54, 1.807) is 14.2 Å². The Morgan fingerprint density at radius 3 is 2.53 bits per heavy atom. The van der Waals surface area contributed by atoms with Crippen LogP contribution in [0.1, 0.15) is 16.9 Å². The van der Waals surface area contributed by atoms with E-state index in [0.29, 0.717) is 37.0 Å². The third-order valence-corrected chi connectivity index (χ3v) is 5.34. The Kier molecular flexibility index (Phi) is 5.58. The van der Waals surface area contributed by atoms with Crippen LogP contribution in [0.5, 0.6) is 5.75 Å². The van der Waals surface area contributed by atoms with Crippen LogP contribution in [-0.4, -0.2) is 29.3 Å². The van der Waals surface area contributed by atoms with Crippen LogP contribution in [0.2, 0.25) is 0 Å². The second kappa shape index (κ2) is 8.82. The van der Waals surface area contributed by atoms with Crippen LogP contribution in [0.3, 0.4) is 0 Å². The van der Waals surface area contributed by atoms with Crippen LogP contribution in [0.25, 0.3) is 33.2 Å². The number of rotatable bonds is 8. The van der Waals surface area contributed by atoms with Gasteiger partial charge in [0.1, 0.15) is 24.7 Å². The van der Waals surface area contributed by atoms with E-state index in [2.05, 4.69) is 27.3 Å². The zero-order chi connectivity index (χ0) is 21.9. The van der Waals surface area contributed by atoms with Gasteiger partial charge >= 0.3 is 0 Å². The third-order valence-electron chi connectivity index (χ3n) is 5.34. The average molecular weight is 429 g/mol. The minimum absolute atomic E-state index is 0.347. The highest BCUT2D eigenvalue weighted by atomic mass is 16.5. The summed E-state index contributed by atoms with van der Waals surface area (Å²) in [4.78, 5) is 8.13.